The summed E-state index contributed by atoms with van der Waals surface area (Å²) in [6, 6.07) is 0. The second-order valence-corrected chi connectivity index (χ2v) is 8.12. The molecule has 23 heavy (non-hydrogen) atoms. The van der Waals surface area contributed by atoms with Crippen molar-refractivity contribution in [3.63, 3.8) is 0 Å². The Bertz CT molecular complexity index is 452. The summed E-state index contributed by atoms with van der Waals surface area (Å²) >= 11 is 0. The van der Waals surface area contributed by atoms with Gasteiger partial charge in [-0.1, -0.05) is 32.1 Å². The molecule has 0 N–H and O–H groups in total. The fourth-order valence-electron chi connectivity index (χ4n) is 5.32. The first-order chi connectivity index (χ1) is 11.3. The average molecular weight is 318 g/mol. The normalized spacial score (nSPS) is 34.9. The predicted molar refractivity (Wildman–Crippen MR) is 88.7 cm³/mol. The lowest BCUT2D eigenvalue weighted by Gasteiger charge is -2.37. The van der Waals surface area contributed by atoms with Crippen molar-refractivity contribution < 1.29 is 9.59 Å². The van der Waals surface area contributed by atoms with Gasteiger partial charge in [0.15, 0.2) is 0 Å². The highest BCUT2D eigenvalue weighted by Crippen LogP contribution is 2.56. The van der Waals surface area contributed by atoms with Crippen LogP contribution in [0.15, 0.2) is 0 Å². The maximum atomic E-state index is 12.7. The van der Waals surface area contributed by atoms with Gasteiger partial charge in [-0.25, -0.2) is 0 Å². The van der Waals surface area contributed by atoms with Crippen LogP contribution in [0.4, 0.5) is 0 Å². The predicted octanol–water partition coefficient (Wildman–Crippen LogP) is 2.67. The highest BCUT2D eigenvalue weighted by Gasteiger charge is 2.55. The summed E-state index contributed by atoms with van der Waals surface area (Å²) in [6.45, 7) is 3.02. The molecule has 4 rings (SSSR count). The Labute approximate surface area is 139 Å². The number of hydrogen-bond donors (Lipinski definition) is 0. The quantitative estimate of drug-likeness (QED) is 0.785. The van der Waals surface area contributed by atoms with Crippen LogP contribution in [0.2, 0.25) is 0 Å². The van der Waals surface area contributed by atoms with Crippen molar-refractivity contribution in [2.75, 3.05) is 26.2 Å². The number of rotatable bonds is 2. The summed E-state index contributed by atoms with van der Waals surface area (Å²) in [7, 11) is 0. The number of piperazine rings is 1. The first kappa shape index (κ1) is 15.5. The standard InChI is InChI=1S/C19H30N2O2/c22-18(14-6-2-1-3-7-14)20-10-12-21(13-11-20)19(23)17-15-8-4-5-9-16(15)17/h14-17H,1-13H2/t15-,16+,17?. The largest absolute Gasteiger partial charge is 0.339 e. The van der Waals surface area contributed by atoms with Crippen LogP contribution in [-0.4, -0.2) is 47.8 Å². The van der Waals surface area contributed by atoms with E-state index in [0.717, 1.165) is 39.0 Å². The summed E-state index contributed by atoms with van der Waals surface area (Å²) in [5.74, 6) is 2.73. The number of carbonyl (C=O) groups excluding carboxylic acids is 2. The first-order valence-electron chi connectivity index (χ1n) is 9.83. The third-order valence-electron chi connectivity index (χ3n) is 6.80. The molecule has 1 saturated heterocycles. The van der Waals surface area contributed by atoms with Crippen LogP contribution >= 0.6 is 0 Å². The second kappa shape index (κ2) is 6.45. The minimum absolute atomic E-state index is 0.261. The second-order valence-electron chi connectivity index (χ2n) is 8.12. The molecule has 0 aromatic heterocycles. The molecular formula is C19H30N2O2. The van der Waals surface area contributed by atoms with Crippen LogP contribution in [0.25, 0.3) is 0 Å². The van der Waals surface area contributed by atoms with E-state index in [1.54, 1.807) is 0 Å². The maximum Gasteiger partial charge on any atom is 0.226 e. The van der Waals surface area contributed by atoms with E-state index in [0.29, 0.717) is 29.6 Å². The van der Waals surface area contributed by atoms with Crippen molar-refractivity contribution in [1.29, 1.82) is 0 Å². The zero-order valence-electron chi connectivity index (χ0n) is 14.2. The number of amides is 2. The Morgan fingerprint density at radius 1 is 0.609 bits per heavy atom. The van der Waals surface area contributed by atoms with Crippen molar-refractivity contribution in [2.45, 2.75) is 57.8 Å². The van der Waals surface area contributed by atoms with E-state index in [2.05, 4.69) is 0 Å². The lowest BCUT2D eigenvalue weighted by Crippen LogP contribution is -2.52. The van der Waals surface area contributed by atoms with Crippen molar-refractivity contribution in [1.82, 2.24) is 9.80 Å². The summed E-state index contributed by atoms with van der Waals surface area (Å²) < 4.78 is 0. The van der Waals surface area contributed by atoms with Crippen LogP contribution in [-0.2, 0) is 9.59 Å². The molecule has 0 aromatic carbocycles. The molecule has 4 nitrogen and oxygen atoms in total. The minimum atomic E-state index is 0.261. The highest BCUT2D eigenvalue weighted by molar-refractivity contribution is 5.83. The molecule has 3 aliphatic carbocycles. The van der Waals surface area contributed by atoms with Gasteiger partial charge in [-0.3, -0.25) is 9.59 Å². The molecule has 0 radical (unpaired) electrons. The molecule has 2 amide bonds. The molecule has 128 valence electrons. The third-order valence-corrected chi connectivity index (χ3v) is 6.80. The summed E-state index contributed by atoms with van der Waals surface area (Å²) in [4.78, 5) is 29.4. The van der Waals surface area contributed by atoms with Crippen LogP contribution in [0, 0.1) is 23.7 Å². The van der Waals surface area contributed by atoms with Gasteiger partial charge in [-0.05, 0) is 37.5 Å². The van der Waals surface area contributed by atoms with Gasteiger partial charge in [0.25, 0.3) is 0 Å². The number of hydrogen-bond acceptors (Lipinski definition) is 2. The van der Waals surface area contributed by atoms with Gasteiger partial charge < -0.3 is 9.80 Å². The Hall–Kier alpha value is -1.06. The van der Waals surface area contributed by atoms with Crippen molar-refractivity contribution in [3.05, 3.63) is 0 Å². The maximum absolute atomic E-state index is 12.7. The fraction of sp³-hybridized carbons (Fsp3) is 0.895. The Morgan fingerprint density at radius 2 is 1.09 bits per heavy atom. The zero-order chi connectivity index (χ0) is 15.8. The molecule has 4 heteroatoms. The van der Waals surface area contributed by atoms with Crippen LogP contribution < -0.4 is 0 Å². The van der Waals surface area contributed by atoms with Crippen molar-refractivity contribution >= 4 is 11.8 Å². The molecule has 1 heterocycles. The lowest BCUT2D eigenvalue weighted by molar-refractivity contribution is -0.143. The summed E-state index contributed by atoms with van der Waals surface area (Å²) in [5, 5.41) is 0. The van der Waals surface area contributed by atoms with Crippen LogP contribution in [0.3, 0.4) is 0 Å². The van der Waals surface area contributed by atoms with E-state index in [1.807, 2.05) is 9.80 Å². The molecule has 4 fully saturated rings. The molecule has 1 aliphatic heterocycles. The van der Waals surface area contributed by atoms with Gasteiger partial charge in [-0.15, -0.1) is 0 Å². The van der Waals surface area contributed by atoms with Crippen LogP contribution in [0.5, 0.6) is 0 Å². The van der Waals surface area contributed by atoms with Crippen molar-refractivity contribution in [2.24, 2.45) is 23.7 Å². The van der Waals surface area contributed by atoms with Gasteiger partial charge >= 0.3 is 0 Å². The van der Waals surface area contributed by atoms with Gasteiger partial charge in [0, 0.05) is 38.0 Å². The molecule has 4 aliphatic rings. The Kier molecular flexibility index (Phi) is 4.33. The molecular weight excluding hydrogens is 288 g/mol. The van der Waals surface area contributed by atoms with E-state index in [9.17, 15) is 9.59 Å². The smallest absolute Gasteiger partial charge is 0.226 e. The van der Waals surface area contributed by atoms with E-state index in [-0.39, 0.29) is 5.92 Å². The van der Waals surface area contributed by atoms with Gasteiger partial charge in [0.1, 0.15) is 0 Å². The van der Waals surface area contributed by atoms with Crippen LogP contribution in [0.1, 0.15) is 57.8 Å². The molecule has 1 unspecified atom stereocenters. The number of carbonyl (C=O) groups is 2. The Morgan fingerprint density at radius 3 is 1.65 bits per heavy atom. The fourth-order valence-corrected chi connectivity index (χ4v) is 5.32. The average Bonchev–Trinajstić information content (AvgIpc) is 3.36. The van der Waals surface area contributed by atoms with E-state index in [4.69, 9.17) is 0 Å². The van der Waals surface area contributed by atoms with Gasteiger partial charge in [-0.2, -0.15) is 0 Å². The Balaban J connectivity index is 1.27. The monoisotopic (exact) mass is 318 g/mol. The first-order valence-corrected chi connectivity index (χ1v) is 9.83. The molecule has 0 aromatic rings. The van der Waals surface area contributed by atoms with Gasteiger partial charge in [0.2, 0.25) is 11.8 Å². The lowest BCUT2D eigenvalue weighted by atomic mass is 9.88. The molecule has 0 spiro atoms. The topological polar surface area (TPSA) is 40.6 Å². The molecule has 0 bridgehead atoms. The van der Waals surface area contributed by atoms with E-state index in [1.165, 1.54) is 44.9 Å². The van der Waals surface area contributed by atoms with Gasteiger partial charge in [0.05, 0.1) is 0 Å². The van der Waals surface area contributed by atoms with E-state index < -0.39 is 0 Å². The SMILES string of the molecule is O=C(C1CCCCC1)N1CCN(C(=O)C2[C@H]3CCCC[C@@H]23)CC1. The third kappa shape index (κ3) is 3.01. The molecule has 3 atom stereocenters. The molecule has 3 saturated carbocycles. The number of nitrogens with zero attached hydrogens (tertiary/aromatic N) is 2. The zero-order valence-corrected chi connectivity index (χ0v) is 14.2. The summed E-state index contributed by atoms with van der Waals surface area (Å²) in [5.41, 5.74) is 0. The van der Waals surface area contributed by atoms with Crippen molar-refractivity contribution in [3.8, 4) is 0 Å². The summed E-state index contributed by atoms with van der Waals surface area (Å²) in [6.07, 6.45) is 11.0. The minimum Gasteiger partial charge on any atom is -0.339 e. The highest BCUT2D eigenvalue weighted by atomic mass is 16.2. The van der Waals surface area contributed by atoms with E-state index >= 15 is 0 Å². The number of fused-ring (bicyclic) bond motifs is 1.